The lowest BCUT2D eigenvalue weighted by Crippen LogP contribution is -2.26. The molecule has 0 aromatic heterocycles. The van der Waals surface area contributed by atoms with Crippen LogP contribution in [0.5, 0.6) is 5.75 Å². The maximum Gasteiger partial charge on any atom is 0.264 e. The molecule has 2 rings (SSSR count). The quantitative estimate of drug-likeness (QED) is 0.880. The first-order valence-electron chi connectivity index (χ1n) is 6.35. The Kier molecular flexibility index (Phi) is 4.09. The number of aryl methyl sites for hydroxylation is 1. The molecule has 0 aliphatic carbocycles. The van der Waals surface area contributed by atoms with E-state index in [1.807, 2.05) is 25.1 Å². The van der Waals surface area contributed by atoms with E-state index in [1.165, 1.54) is 36.7 Å². The molecule has 2 aromatic rings. The van der Waals surface area contributed by atoms with Crippen LogP contribution in [0.2, 0.25) is 0 Å². The van der Waals surface area contributed by atoms with Crippen LogP contribution in [0.4, 0.5) is 11.4 Å². The Labute approximate surface area is 125 Å². The Balaban J connectivity index is 2.46. The molecule has 0 heterocycles. The molecular formula is C15H18N2O3S. The maximum absolute atomic E-state index is 12.7. The van der Waals surface area contributed by atoms with Crippen LogP contribution in [0.1, 0.15) is 5.56 Å². The monoisotopic (exact) mass is 306 g/mol. The van der Waals surface area contributed by atoms with Gasteiger partial charge in [0.2, 0.25) is 0 Å². The van der Waals surface area contributed by atoms with E-state index in [9.17, 15) is 8.42 Å². The normalized spacial score (nSPS) is 11.2. The fourth-order valence-corrected chi connectivity index (χ4v) is 3.18. The summed E-state index contributed by atoms with van der Waals surface area (Å²) >= 11 is 0. The number of nitrogens with zero attached hydrogens (tertiary/aromatic N) is 1. The molecule has 0 bridgehead atoms. The molecule has 0 amide bonds. The summed E-state index contributed by atoms with van der Waals surface area (Å²) in [6.07, 6.45) is 0. The third kappa shape index (κ3) is 2.95. The van der Waals surface area contributed by atoms with Crippen molar-refractivity contribution in [3.05, 3.63) is 48.0 Å². The lowest BCUT2D eigenvalue weighted by molar-refractivity contribution is 0.415. The van der Waals surface area contributed by atoms with Crippen LogP contribution in [0.15, 0.2) is 47.4 Å². The molecule has 21 heavy (non-hydrogen) atoms. The van der Waals surface area contributed by atoms with Gasteiger partial charge in [-0.25, -0.2) is 8.42 Å². The van der Waals surface area contributed by atoms with Gasteiger partial charge in [0.15, 0.2) is 0 Å². The highest BCUT2D eigenvalue weighted by molar-refractivity contribution is 7.92. The van der Waals surface area contributed by atoms with Gasteiger partial charge in [0.1, 0.15) is 5.75 Å². The number of hydrogen-bond acceptors (Lipinski definition) is 4. The summed E-state index contributed by atoms with van der Waals surface area (Å²) < 4.78 is 31.6. The summed E-state index contributed by atoms with van der Waals surface area (Å²) in [6, 6.07) is 11.7. The van der Waals surface area contributed by atoms with Crippen molar-refractivity contribution < 1.29 is 13.2 Å². The summed E-state index contributed by atoms with van der Waals surface area (Å²) in [5.74, 6) is 0.341. The first-order chi connectivity index (χ1) is 9.86. The van der Waals surface area contributed by atoms with E-state index in [-0.39, 0.29) is 4.90 Å². The number of hydrogen-bond donors (Lipinski definition) is 1. The third-order valence-corrected chi connectivity index (χ3v) is 5.01. The zero-order valence-electron chi connectivity index (χ0n) is 12.2. The predicted molar refractivity (Wildman–Crippen MR) is 84.2 cm³/mol. The number of methoxy groups -OCH3 is 1. The molecular weight excluding hydrogens is 288 g/mol. The largest absolute Gasteiger partial charge is 0.495 e. The lowest BCUT2D eigenvalue weighted by atomic mass is 10.2. The zero-order valence-corrected chi connectivity index (χ0v) is 13.0. The number of rotatable bonds is 4. The van der Waals surface area contributed by atoms with E-state index in [0.717, 1.165) is 5.56 Å². The van der Waals surface area contributed by atoms with Crippen LogP contribution in [0.3, 0.4) is 0 Å². The molecule has 0 aliphatic rings. The van der Waals surface area contributed by atoms with Crippen molar-refractivity contribution >= 4 is 21.4 Å². The van der Waals surface area contributed by atoms with Gasteiger partial charge in [0.25, 0.3) is 10.0 Å². The fraction of sp³-hybridized carbons (Fsp3) is 0.200. The van der Waals surface area contributed by atoms with Gasteiger partial charge in [-0.05, 0) is 36.8 Å². The van der Waals surface area contributed by atoms with Crippen LogP contribution in [0.25, 0.3) is 0 Å². The summed E-state index contributed by atoms with van der Waals surface area (Å²) in [5, 5.41) is 0. The summed E-state index contributed by atoms with van der Waals surface area (Å²) in [7, 11) is -0.689. The minimum Gasteiger partial charge on any atom is -0.495 e. The van der Waals surface area contributed by atoms with Crippen molar-refractivity contribution in [3.63, 3.8) is 0 Å². The fourth-order valence-electron chi connectivity index (χ4n) is 1.97. The maximum atomic E-state index is 12.7. The van der Waals surface area contributed by atoms with Gasteiger partial charge < -0.3 is 10.5 Å². The Morgan fingerprint density at radius 3 is 2.48 bits per heavy atom. The highest BCUT2D eigenvalue weighted by Gasteiger charge is 2.22. The van der Waals surface area contributed by atoms with Crippen LogP contribution in [-0.4, -0.2) is 22.6 Å². The van der Waals surface area contributed by atoms with Gasteiger partial charge in [0, 0.05) is 13.1 Å². The van der Waals surface area contributed by atoms with E-state index < -0.39 is 10.0 Å². The Morgan fingerprint density at radius 1 is 1.14 bits per heavy atom. The van der Waals surface area contributed by atoms with Crippen molar-refractivity contribution in [1.82, 2.24) is 0 Å². The Hall–Kier alpha value is -2.21. The van der Waals surface area contributed by atoms with Crippen molar-refractivity contribution in [2.24, 2.45) is 0 Å². The summed E-state index contributed by atoms with van der Waals surface area (Å²) in [6.45, 7) is 1.91. The van der Waals surface area contributed by atoms with Crippen molar-refractivity contribution in [2.45, 2.75) is 11.8 Å². The number of benzene rings is 2. The average Bonchev–Trinajstić information content (AvgIpc) is 2.46. The lowest BCUT2D eigenvalue weighted by Gasteiger charge is -2.20. The molecule has 6 heteroatoms. The molecule has 0 spiro atoms. The number of ether oxygens (including phenoxy) is 1. The second-order valence-corrected chi connectivity index (χ2v) is 6.68. The summed E-state index contributed by atoms with van der Waals surface area (Å²) in [4.78, 5) is 0.137. The first kappa shape index (κ1) is 15.2. The van der Waals surface area contributed by atoms with E-state index >= 15 is 0 Å². The third-order valence-electron chi connectivity index (χ3n) is 3.23. The molecule has 0 saturated heterocycles. The molecule has 0 atom stereocenters. The van der Waals surface area contributed by atoms with Gasteiger partial charge in [-0.2, -0.15) is 0 Å². The average molecular weight is 306 g/mol. The second-order valence-electron chi connectivity index (χ2n) is 4.72. The number of nitrogens with two attached hydrogens (primary N) is 1. The van der Waals surface area contributed by atoms with E-state index in [4.69, 9.17) is 10.5 Å². The molecule has 2 N–H and O–H groups in total. The summed E-state index contributed by atoms with van der Waals surface area (Å²) in [5.41, 5.74) is 7.71. The molecule has 0 unspecified atom stereocenters. The van der Waals surface area contributed by atoms with Gasteiger partial charge in [-0.1, -0.05) is 12.1 Å². The smallest absolute Gasteiger partial charge is 0.264 e. The molecule has 0 radical (unpaired) electrons. The van der Waals surface area contributed by atoms with E-state index in [1.54, 1.807) is 6.07 Å². The predicted octanol–water partition coefficient (Wildman–Crippen LogP) is 2.41. The van der Waals surface area contributed by atoms with Crippen LogP contribution in [-0.2, 0) is 10.0 Å². The number of nitrogen functional groups attached to an aromatic ring is 1. The van der Waals surface area contributed by atoms with Crippen molar-refractivity contribution in [3.8, 4) is 5.75 Å². The topological polar surface area (TPSA) is 72.6 Å². The van der Waals surface area contributed by atoms with Crippen LogP contribution < -0.4 is 14.8 Å². The van der Waals surface area contributed by atoms with Gasteiger partial charge in [0.05, 0.1) is 23.4 Å². The highest BCUT2D eigenvalue weighted by Crippen LogP contribution is 2.28. The number of anilines is 2. The SMILES string of the molecule is COc1cc(S(=O)(=O)N(C)c2cccc(C)c2)ccc1N. The van der Waals surface area contributed by atoms with Gasteiger partial charge in [-0.15, -0.1) is 0 Å². The standard InChI is InChI=1S/C15H18N2O3S/c1-11-5-4-6-12(9-11)17(2)21(18,19)13-7-8-14(16)15(10-13)20-3/h4-10H,16H2,1-3H3. The molecule has 0 saturated carbocycles. The Bertz CT molecular complexity index is 757. The van der Waals surface area contributed by atoms with Crippen LogP contribution >= 0.6 is 0 Å². The molecule has 112 valence electrons. The highest BCUT2D eigenvalue weighted by atomic mass is 32.2. The molecule has 2 aromatic carbocycles. The first-order valence-corrected chi connectivity index (χ1v) is 7.79. The minimum absolute atomic E-state index is 0.137. The van der Waals surface area contributed by atoms with Crippen molar-refractivity contribution in [2.75, 3.05) is 24.2 Å². The number of sulfonamides is 1. The van der Waals surface area contributed by atoms with Crippen LogP contribution in [0, 0.1) is 6.92 Å². The Morgan fingerprint density at radius 2 is 1.86 bits per heavy atom. The van der Waals surface area contributed by atoms with Gasteiger partial charge >= 0.3 is 0 Å². The molecule has 5 nitrogen and oxygen atoms in total. The van der Waals surface area contributed by atoms with Crippen molar-refractivity contribution in [1.29, 1.82) is 0 Å². The second kappa shape index (κ2) is 5.65. The van der Waals surface area contributed by atoms with Gasteiger partial charge in [-0.3, -0.25) is 4.31 Å². The molecule has 0 fully saturated rings. The zero-order chi connectivity index (χ0) is 15.6. The molecule has 0 aliphatic heterocycles. The minimum atomic E-state index is -3.66. The van der Waals surface area contributed by atoms with E-state index in [2.05, 4.69) is 0 Å². The van der Waals surface area contributed by atoms with E-state index in [0.29, 0.717) is 17.1 Å².